The number of hydrogen-bond acceptors (Lipinski definition) is 3. The Morgan fingerprint density at radius 2 is 2.18 bits per heavy atom. The number of aromatic nitrogens is 1. The van der Waals surface area contributed by atoms with Gasteiger partial charge in [-0.05, 0) is 18.6 Å². The molecule has 4 heteroatoms. The number of unbranched alkanes of at least 4 members (excludes halogenated alkanes) is 3. The first kappa shape index (κ1) is 13.8. The molecule has 0 aliphatic heterocycles. The number of ether oxygens (including phenoxy) is 1. The molecule has 17 heavy (non-hydrogen) atoms. The van der Waals surface area contributed by atoms with Crippen molar-refractivity contribution in [1.29, 1.82) is 0 Å². The molecule has 0 aromatic carbocycles. The van der Waals surface area contributed by atoms with Crippen LogP contribution in [0.4, 0.5) is 0 Å². The molecule has 1 heterocycles. The second-order valence-corrected chi connectivity index (χ2v) is 4.07. The number of pyridine rings is 1. The van der Waals surface area contributed by atoms with Crippen molar-refractivity contribution < 1.29 is 4.74 Å². The van der Waals surface area contributed by atoms with Gasteiger partial charge >= 0.3 is 0 Å². The van der Waals surface area contributed by atoms with Crippen LogP contribution in [0, 0.1) is 0 Å². The van der Waals surface area contributed by atoms with Crippen LogP contribution in [0.15, 0.2) is 23.1 Å². The lowest BCUT2D eigenvalue weighted by atomic mass is 10.2. The predicted octanol–water partition coefficient (Wildman–Crippen LogP) is 1.77. The van der Waals surface area contributed by atoms with E-state index in [1.54, 1.807) is 16.8 Å². The van der Waals surface area contributed by atoms with Crippen LogP contribution in [0.2, 0.25) is 0 Å². The van der Waals surface area contributed by atoms with Crippen LogP contribution in [-0.4, -0.2) is 17.7 Å². The van der Waals surface area contributed by atoms with E-state index < -0.39 is 0 Å². The van der Waals surface area contributed by atoms with Crippen molar-refractivity contribution in [2.24, 2.45) is 5.73 Å². The van der Waals surface area contributed by atoms with Crippen molar-refractivity contribution in [2.45, 2.75) is 39.2 Å². The van der Waals surface area contributed by atoms with E-state index >= 15 is 0 Å². The molecule has 0 saturated carbocycles. The van der Waals surface area contributed by atoms with Gasteiger partial charge < -0.3 is 15.0 Å². The molecule has 96 valence electrons. The molecular weight excluding hydrogens is 216 g/mol. The summed E-state index contributed by atoms with van der Waals surface area (Å²) in [7, 11) is 0. The highest BCUT2D eigenvalue weighted by Crippen LogP contribution is 2.04. The number of rotatable bonds is 8. The molecule has 0 radical (unpaired) electrons. The Bertz CT molecular complexity index is 374. The molecule has 4 nitrogen and oxygen atoms in total. The topological polar surface area (TPSA) is 57.2 Å². The lowest BCUT2D eigenvalue weighted by Crippen LogP contribution is -2.24. The van der Waals surface area contributed by atoms with Gasteiger partial charge in [0, 0.05) is 19.3 Å². The minimum Gasteiger partial charge on any atom is -0.488 e. The first-order chi connectivity index (χ1) is 8.29. The third-order valence-corrected chi connectivity index (χ3v) is 2.61. The third kappa shape index (κ3) is 4.61. The van der Waals surface area contributed by atoms with Crippen molar-refractivity contribution >= 4 is 0 Å². The Kier molecular flexibility index (Phi) is 6.40. The fourth-order valence-electron chi connectivity index (χ4n) is 1.65. The van der Waals surface area contributed by atoms with Gasteiger partial charge in [-0.25, -0.2) is 0 Å². The summed E-state index contributed by atoms with van der Waals surface area (Å²) < 4.78 is 7.08. The molecule has 1 aromatic heterocycles. The average Bonchev–Trinajstić information content (AvgIpc) is 2.33. The summed E-state index contributed by atoms with van der Waals surface area (Å²) in [6, 6.07) is 3.54. The Morgan fingerprint density at radius 3 is 2.88 bits per heavy atom. The SMILES string of the molecule is CCCCCCOc1cccn(CCN)c1=O. The molecule has 0 fully saturated rings. The fourth-order valence-corrected chi connectivity index (χ4v) is 1.65. The lowest BCUT2D eigenvalue weighted by Gasteiger charge is -2.08. The predicted molar refractivity (Wildman–Crippen MR) is 69.4 cm³/mol. The highest BCUT2D eigenvalue weighted by Gasteiger charge is 2.03. The second kappa shape index (κ2) is 7.90. The molecule has 0 unspecified atom stereocenters. The van der Waals surface area contributed by atoms with E-state index in [1.165, 1.54) is 12.8 Å². The maximum atomic E-state index is 11.9. The Balaban J connectivity index is 2.48. The highest BCUT2D eigenvalue weighted by atomic mass is 16.5. The number of nitrogens with zero attached hydrogens (tertiary/aromatic N) is 1. The Hall–Kier alpha value is -1.29. The van der Waals surface area contributed by atoms with Gasteiger partial charge in [0.1, 0.15) is 0 Å². The van der Waals surface area contributed by atoms with Gasteiger partial charge in [-0.1, -0.05) is 26.2 Å². The van der Waals surface area contributed by atoms with Crippen LogP contribution in [0.3, 0.4) is 0 Å². The molecule has 0 atom stereocenters. The van der Waals surface area contributed by atoms with Gasteiger partial charge in [0.15, 0.2) is 5.75 Å². The molecule has 0 amide bonds. The zero-order chi connectivity index (χ0) is 12.5. The molecule has 1 rings (SSSR count). The summed E-state index contributed by atoms with van der Waals surface area (Å²) in [4.78, 5) is 11.9. The summed E-state index contributed by atoms with van der Waals surface area (Å²) in [5.41, 5.74) is 5.34. The largest absolute Gasteiger partial charge is 0.488 e. The molecule has 0 aliphatic carbocycles. The van der Waals surface area contributed by atoms with Crippen LogP contribution >= 0.6 is 0 Å². The van der Waals surface area contributed by atoms with E-state index in [2.05, 4.69) is 6.92 Å². The van der Waals surface area contributed by atoms with Crippen molar-refractivity contribution in [3.8, 4) is 5.75 Å². The van der Waals surface area contributed by atoms with Crippen molar-refractivity contribution in [2.75, 3.05) is 13.2 Å². The summed E-state index contributed by atoms with van der Waals surface area (Å²) in [6.07, 6.45) is 6.31. The number of hydrogen-bond donors (Lipinski definition) is 1. The van der Waals surface area contributed by atoms with Gasteiger partial charge in [-0.3, -0.25) is 4.79 Å². The zero-order valence-electron chi connectivity index (χ0n) is 10.5. The lowest BCUT2D eigenvalue weighted by molar-refractivity contribution is 0.298. The first-order valence-electron chi connectivity index (χ1n) is 6.32. The molecule has 1 aromatic rings. The maximum absolute atomic E-state index is 11.9. The van der Waals surface area contributed by atoms with Gasteiger partial charge in [-0.15, -0.1) is 0 Å². The van der Waals surface area contributed by atoms with Gasteiger partial charge in [0.05, 0.1) is 6.61 Å². The van der Waals surface area contributed by atoms with Crippen LogP contribution in [-0.2, 0) is 6.54 Å². The summed E-state index contributed by atoms with van der Waals surface area (Å²) in [5, 5.41) is 0. The molecule has 0 saturated heterocycles. The maximum Gasteiger partial charge on any atom is 0.292 e. The molecule has 0 spiro atoms. The third-order valence-electron chi connectivity index (χ3n) is 2.61. The standard InChI is InChI=1S/C13H22N2O2/c1-2-3-4-5-11-17-12-7-6-9-15(10-8-14)13(12)16/h6-7,9H,2-5,8,10-11,14H2,1H3. The summed E-state index contributed by atoms with van der Waals surface area (Å²) in [6.45, 7) is 3.77. The van der Waals surface area contributed by atoms with E-state index in [-0.39, 0.29) is 5.56 Å². The molecule has 0 bridgehead atoms. The van der Waals surface area contributed by atoms with Crippen LogP contribution in [0.1, 0.15) is 32.6 Å². The van der Waals surface area contributed by atoms with Gasteiger partial charge in [0.2, 0.25) is 0 Å². The summed E-state index contributed by atoms with van der Waals surface area (Å²) in [5.74, 6) is 0.428. The van der Waals surface area contributed by atoms with Crippen molar-refractivity contribution in [3.05, 3.63) is 28.7 Å². The summed E-state index contributed by atoms with van der Waals surface area (Å²) >= 11 is 0. The van der Waals surface area contributed by atoms with Crippen LogP contribution in [0.25, 0.3) is 0 Å². The minimum atomic E-state index is -0.0894. The molecule has 2 N–H and O–H groups in total. The fraction of sp³-hybridized carbons (Fsp3) is 0.615. The Morgan fingerprint density at radius 1 is 1.35 bits per heavy atom. The van der Waals surface area contributed by atoms with E-state index in [0.717, 1.165) is 12.8 Å². The number of nitrogens with two attached hydrogens (primary N) is 1. The smallest absolute Gasteiger partial charge is 0.292 e. The monoisotopic (exact) mass is 238 g/mol. The van der Waals surface area contributed by atoms with Gasteiger partial charge in [-0.2, -0.15) is 0 Å². The van der Waals surface area contributed by atoms with E-state index in [0.29, 0.717) is 25.4 Å². The second-order valence-electron chi connectivity index (χ2n) is 4.07. The molecular formula is C13H22N2O2. The van der Waals surface area contributed by atoms with E-state index in [9.17, 15) is 4.79 Å². The minimum absolute atomic E-state index is 0.0894. The highest BCUT2D eigenvalue weighted by molar-refractivity contribution is 5.17. The van der Waals surface area contributed by atoms with E-state index in [1.807, 2.05) is 6.07 Å². The molecule has 0 aliphatic rings. The van der Waals surface area contributed by atoms with Gasteiger partial charge in [0.25, 0.3) is 5.56 Å². The quantitative estimate of drug-likeness (QED) is 0.702. The zero-order valence-corrected chi connectivity index (χ0v) is 10.5. The van der Waals surface area contributed by atoms with Crippen LogP contribution in [0.5, 0.6) is 5.75 Å². The van der Waals surface area contributed by atoms with Crippen molar-refractivity contribution in [3.63, 3.8) is 0 Å². The van der Waals surface area contributed by atoms with Crippen molar-refractivity contribution in [1.82, 2.24) is 4.57 Å². The normalized spacial score (nSPS) is 10.5. The van der Waals surface area contributed by atoms with Crippen LogP contribution < -0.4 is 16.0 Å². The first-order valence-corrected chi connectivity index (χ1v) is 6.32. The average molecular weight is 238 g/mol. The van der Waals surface area contributed by atoms with E-state index in [4.69, 9.17) is 10.5 Å². The Labute approximate surface area is 102 Å².